The lowest BCUT2D eigenvalue weighted by Gasteiger charge is -1.88. The molecule has 0 rings (SSSR count). The van der Waals surface area contributed by atoms with E-state index in [4.69, 9.17) is 23.1 Å². The van der Waals surface area contributed by atoms with Gasteiger partial charge in [-0.3, -0.25) is 0 Å². The SMILES string of the molecule is N/C(=C\C=C(/N)Cl)CBr. The van der Waals surface area contributed by atoms with Crippen molar-refractivity contribution in [1.29, 1.82) is 0 Å². The molecular formula is C5H8BrClN2. The molecule has 52 valence electrons. The molecule has 0 aliphatic carbocycles. The fourth-order valence-corrected chi connectivity index (χ4v) is 0.481. The van der Waals surface area contributed by atoms with E-state index in [0.717, 1.165) is 0 Å². The number of rotatable bonds is 2. The van der Waals surface area contributed by atoms with E-state index in [2.05, 4.69) is 15.9 Å². The summed E-state index contributed by atoms with van der Waals surface area (Å²) in [6.45, 7) is 0. The van der Waals surface area contributed by atoms with Crippen LogP contribution in [0.5, 0.6) is 0 Å². The van der Waals surface area contributed by atoms with Crippen LogP contribution in [0.2, 0.25) is 0 Å². The summed E-state index contributed by atoms with van der Waals surface area (Å²) in [4.78, 5) is 0. The van der Waals surface area contributed by atoms with Gasteiger partial charge in [-0.25, -0.2) is 0 Å². The molecule has 0 radical (unpaired) electrons. The predicted molar refractivity (Wildman–Crippen MR) is 44.2 cm³/mol. The Kier molecular flexibility index (Phi) is 4.62. The molecule has 9 heavy (non-hydrogen) atoms. The zero-order chi connectivity index (χ0) is 7.28. The van der Waals surface area contributed by atoms with Crippen LogP contribution in [0.25, 0.3) is 0 Å². The third-order valence-electron chi connectivity index (χ3n) is 0.611. The molecule has 0 aliphatic rings. The van der Waals surface area contributed by atoms with Gasteiger partial charge in [-0.2, -0.15) is 0 Å². The maximum absolute atomic E-state index is 5.38. The first-order chi connectivity index (χ1) is 4.16. The molecule has 4 heteroatoms. The number of alkyl halides is 1. The Morgan fingerprint density at radius 1 is 1.44 bits per heavy atom. The van der Waals surface area contributed by atoms with Crippen LogP contribution in [0, 0.1) is 0 Å². The van der Waals surface area contributed by atoms with E-state index in [1.54, 1.807) is 6.08 Å². The lowest BCUT2D eigenvalue weighted by molar-refractivity contribution is 1.34. The minimum Gasteiger partial charge on any atom is -0.401 e. The number of nitrogens with two attached hydrogens (primary N) is 2. The fourth-order valence-electron chi connectivity index (χ4n) is 0.231. The van der Waals surface area contributed by atoms with Gasteiger partial charge in [0.15, 0.2) is 0 Å². The smallest absolute Gasteiger partial charge is 0.0992 e. The van der Waals surface area contributed by atoms with E-state index in [9.17, 15) is 0 Å². The quantitative estimate of drug-likeness (QED) is 0.410. The normalized spacial score (nSPS) is 14.0. The highest BCUT2D eigenvalue weighted by Crippen LogP contribution is 1.94. The molecule has 0 bridgehead atoms. The summed E-state index contributed by atoms with van der Waals surface area (Å²) in [7, 11) is 0. The van der Waals surface area contributed by atoms with Crippen molar-refractivity contribution in [1.82, 2.24) is 0 Å². The second kappa shape index (κ2) is 4.70. The van der Waals surface area contributed by atoms with Crippen LogP contribution in [0.1, 0.15) is 0 Å². The summed E-state index contributed by atoms with van der Waals surface area (Å²) in [6, 6.07) is 0. The number of allylic oxidation sites excluding steroid dienone is 3. The maximum Gasteiger partial charge on any atom is 0.0992 e. The molecule has 0 amide bonds. The van der Waals surface area contributed by atoms with Crippen LogP contribution in [0.3, 0.4) is 0 Å². The van der Waals surface area contributed by atoms with Gasteiger partial charge in [-0.1, -0.05) is 27.5 Å². The van der Waals surface area contributed by atoms with Crippen molar-refractivity contribution in [2.24, 2.45) is 11.5 Å². The number of halogens is 2. The maximum atomic E-state index is 5.38. The topological polar surface area (TPSA) is 52.0 Å². The molecule has 0 unspecified atom stereocenters. The molecule has 0 aromatic heterocycles. The summed E-state index contributed by atoms with van der Waals surface area (Å²) >= 11 is 8.46. The van der Waals surface area contributed by atoms with Crippen molar-refractivity contribution in [2.75, 3.05) is 5.33 Å². The Bertz CT molecular complexity index is 138. The lowest BCUT2D eigenvalue weighted by atomic mass is 10.4. The molecule has 2 nitrogen and oxygen atoms in total. The Morgan fingerprint density at radius 3 is 2.33 bits per heavy atom. The highest BCUT2D eigenvalue weighted by Gasteiger charge is 1.81. The monoisotopic (exact) mass is 210 g/mol. The second-order valence-corrected chi connectivity index (χ2v) is 2.42. The van der Waals surface area contributed by atoms with Crippen molar-refractivity contribution < 1.29 is 0 Å². The third kappa shape index (κ3) is 5.73. The van der Waals surface area contributed by atoms with Crippen molar-refractivity contribution >= 4 is 27.5 Å². The Morgan fingerprint density at radius 2 is 2.00 bits per heavy atom. The average molecular weight is 211 g/mol. The minimum absolute atomic E-state index is 0.235. The Labute approximate surface area is 67.7 Å². The standard InChI is InChI=1S/C5H8BrClN2/c6-3-4(8)1-2-5(7)9/h1-2H,3,8-9H2/b4-1-,5-2-. The molecule has 0 heterocycles. The van der Waals surface area contributed by atoms with E-state index >= 15 is 0 Å². The zero-order valence-electron chi connectivity index (χ0n) is 4.77. The van der Waals surface area contributed by atoms with Crippen LogP contribution < -0.4 is 11.5 Å². The third-order valence-corrected chi connectivity index (χ3v) is 1.38. The van der Waals surface area contributed by atoms with E-state index in [0.29, 0.717) is 11.0 Å². The van der Waals surface area contributed by atoms with Gasteiger partial charge >= 0.3 is 0 Å². The molecule has 0 spiro atoms. The number of hydrogen-bond donors (Lipinski definition) is 2. The van der Waals surface area contributed by atoms with Gasteiger partial charge in [0, 0.05) is 11.0 Å². The van der Waals surface area contributed by atoms with Gasteiger partial charge in [0.25, 0.3) is 0 Å². The van der Waals surface area contributed by atoms with Gasteiger partial charge in [0.05, 0.1) is 5.16 Å². The summed E-state index contributed by atoms with van der Waals surface area (Å²) in [5, 5.41) is 0.868. The van der Waals surface area contributed by atoms with Gasteiger partial charge in [0.1, 0.15) is 0 Å². The van der Waals surface area contributed by atoms with Crippen LogP contribution >= 0.6 is 27.5 Å². The Balaban J connectivity index is 3.83. The predicted octanol–water partition coefficient (Wildman–Crippen LogP) is 1.26. The van der Waals surface area contributed by atoms with E-state index < -0.39 is 0 Å². The molecule has 4 N–H and O–H groups in total. The van der Waals surface area contributed by atoms with Crippen LogP contribution in [0.15, 0.2) is 23.0 Å². The first kappa shape index (κ1) is 8.85. The molecule has 0 aromatic carbocycles. The summed E-state index contributed by atoms with van der Waals surface area (Å²) in [6.07, 6.45) is 3.19. The highest BCUT2D eigenvalue weighted by atomic mass is 79.9. The summed E-state index contributed by atoms with van der Waals surface area (Å²) < 4.78 is 0. The van der Waals surface area contributed by atoms with Gasteiger partial charge in [-0.15, -0.1) is 0 Å². The fraction of sp³-hybridized carbons (Fsp3) is 0.200. The molecule has 0 saturated heterocycles. The molecule has 0 saturated carbocycles. The van der Waals surface area contributed by atoms with Crippen LogP contribution in [-0.2, 0) is 0 Å². The lowest BCUT2D eigenvalue weighted by Crippen LogP contribution is -1.97. The first-order valence-electron chi connectivity index (χ1n) is 2.30. The highest BCUT2D eigenvalue weighted by molar-refractivity contribution is 9.09. The molecule has 0 aromatic rings. The van der Waals surface area contributed by atoms with Gasteiger partial charge < -0.3 is 11.5 Å². The van der Waals surface area contributed by atoms with Crippen molar-refractivity contribution in [3.63, 3.8) is 0 Å². The molecule has 0 fully saturated rings. The van der Waals surface area contributed by atoms with Gasteiger partial charge in [-0.05, 0) is 12.2 Å². The largest absolute Gasteiger partial charge is 0.401 e. The average Bonchev–Trinajstić information content (AvgIpc) is 1.83. The second-order valence-electron chi connectivity index (χ2n) is 1.43. The summed E-state index contributed by atoms with van der Waals surface area (Å²) in [5.41, 5.74) is 11.2. The van der Waals surface area contributed by atoms with Crippen molar-refractivity contribution in [2.45, 2.75) is 0 Å². The van der Waals surface area contributed by atoms with E-state index in [-0.39, 0.29) is 5.16 Å². The summed E-state index contributed by atoms with van der Waals surface area (Å²) in [5.74, 6) is 0. The Hall–Kier alpha value is -0.150. The van der Waals surface area contributed by atoms with Gasteiger partial charge in [0.2, 0.25) is 0 Å². The van der Waals surface area contributed by atoms with E-state index in [1.165, 1.54) is 6.08 Å². The molecule has 0 aliphatic heterocycles. The number of hydrogen-bond acceptors (Lipinski definition) is 2. The first-order valence-corrected chi connectivity index (χ1v) is 3.80. The van der Waals surface area contributed by atoms with Crippen molar-refractivity contribution in [3.8, 4) is 0 Å². The van der Waals surface area contributed by atoms with Crippen LogP contribution in [-0.4, -0.2) is 5.33 Å². The van der Waals surface area contributed by atoms with Crippen LogP contribution in [0.4, 0.5) is 0 Å². The van der Waals surface area contributed by atoms with E-state index in [1.807, 2.05) is 0 Å². The van der Waals surface area contributed by atoms with Crippen molar-refractivity contribution in [3.05, 3.63) is 23.0 Å². The molecule has 0 atom stereocenters. The minimum atomic E-state index is 0.235. The molecular weight excluding hydrogens is 203 g/mol. The zero-order valence-corrected chi connectivity index (χ0v) is 7.11.